The smallest absolute Gasteiger partial charge is 0.283 e. The Labute approximate surface area is 186 Å². The molecular weight excluding hydrogens is 414 g/mol. The van der Waals surface area contributed by atoms with Crippen LogP contribution >= 0.6 is 11.6 Å². The zero-order valence-corrected chi connectivity index (χ0v) is 18.1. The van der Waals surface area contributed by atoms with E-state index in [0.29, 0.717) is 16.9 Å². The highest BCUT2D eigenvalue weighted by atomic mass is 35.5. The molecule has 0 radical (unpaired) electrons. The van der Waals surface area contributed by atoms with Crippen LogP contribution in [-0.2, 0) is 16.0 Å². The number of aryl methyl sites for hydroxylation is 1. The maximum absolute atomic E-state index is 12.9. The van der Waals surface area contributed by atoms with E-state index in [9.17, 15) is 14.4 Å². The lowest BCUT2D eigenvalue weighted by molar-refractivity contribution is -0.120. The Morgan fingerprint density at radius 1 is 0.935 bits per heavy atom. The molecule has 2 aliphatic heterocycles. The number of nitrogens with zero attached hydrogens (tertiary/aromatic N) is 2. The van der Waals surface area contributed by atoms with Gasteiger partial charge < -0.3 is 10.2 Å². The summed E-state index contributed by atoms with van der Waals surface area (Å²) in [6.07, 6.45) is 4.09. The standard InChI is InChI=1S/C24H24ClN3O3/c1-2-16-6-12-19(13-7-16)28-23(30)20(25)21(24(28)31)26-18-10-8-17(9-11-18)22(29)27-14-4-3-5-15-27/h6-13,26H,2-5,14-15H2,1H3. The first-order valence-electron chi connectivity index (χ1n) is 10.5. The summed E-state index contributed by atoms with van der Waals surface area (Å²) in [5, 5.41) is 2.79. The minimum Gasteiger partial charge on any atom is -0.350 e. The van der Waals surface area contributed by atoms with E-state index >= 15 is 0 Å². The van der Waals surface area contributed by atoms with Gasteiger partial charge in [0, 0.05) is 24.3 Å². The number of hydrogen-bond donors (Lipinski definition) is 1. The normalized spacial score (nSPS) is 16.8. The Bertz CT molecular complexity index is 1040. The molecule has 4 rings (SSSR count). The number of benzene rings is 2. The summed E-state index contributed by atoms with van der Waals surface area (Å²) in [6.45, 7) is 3.60. The fourth-order valence-corrected chi connectivity index (χ4v) is 4.06. The van der Waals surface area contributed by atoms with Crippen LogP contribution in [0.2, 0.25) is 0 Å². The van der Waals surface area contributed by atoms with Gasteiger partial charge in [-0.2, -0.15) is 0 Å². The molecule has 0 saturated carbocycles. The molecule has 7 heteroatoms. The Morgan fingerprint density at radius 3 is 2.19 bits per heavy atom. The number of hydrogen-bond acceptors (Lipinski definition) is 4. The monoisotopic (exact) mass is 437 g/mol. The number of carbonyl (C=O) groups is 3. The van der Waals surface area contributed by atoms with Gasteiger partial charge >= 0.3 is 0 Å². The number of likely N-dealkylation sites (tertiary alicyclic amines) is 1. The lowest BCUT2D eigenvalue weighted by atomic mass is 10.1. The van der Waals surface area contributed by atoms with Crippen molar-refractivity contribution < 1.29 is 14.4 Å². The molecule has 0 aromatic heterocycles. The minimum atomic E-state index is -0.560. The highest BCUT2D eigenvalue weighted by Crippen LogP contribution is 2.30. The SMILES string of the molecule is CCc1ccc(N2C(=O)C(Cl)=C(Nc3ccc(C(=O)N4CCCCC4)cc3)C2=O)cc1. The average Bonchev–Trinajstić information content (AvgIpc) is 3.03. The van der Waals surface area contributed by atoms with Crippen molar-refractivity contribution in [3.05, 3.63) is 70.4 Å². The van der Waals surface area contributed by atoms with Crippen LogP contribution in [0.3, 0.4) is 0 Å². The van der Waals surface area contributed by atoms with Crippen LogP contribution in [-0.4, -0.2) is 35.7 Å². The van der Waals surface area contributed by atoms with E-state index in [2.05, 4.69) is 5.32 Å². The van der Waals surface area contributed by atoms with Crippen molar-refractivity contribution in [1.29, 1.82) is 0 Å². The molecule has 2 heterocycles. The molecule has 0 spiro atoms. The Balaban J connectivity index is 1.48. The Kier molecular flexibility index (Phi) is 6.09. The molecule has 0 unspecified atom stereocenters. The van der Waals surface area contributed by atoms with E-state index in [1.54, 1.807) is 36.4 Å². The quantitative estimate of drug-likeness (QED) is 0.707. The summed E-state index contributed by atoms with van der Waals surface area (Å²) < 4.78 is 0. The first-order chi connectivity index (χ1) is 15.0. The van der Waals surface area contributed by atoms with E-state index in [1.165, 1.54) is 0 Å². The summed E-state index contributed by atoms with van der Waals surface area (Å²) in [6, 6.07) is 14.1. The number of rotatable bonds is 5. The van der Waals surface area contributed by atoms with E-state index in [0.717, 1.165) is 49.2 Å². The molecule has 6 nitrogen and oxygen atoms in total. The molecule has 0 bridgehead atoms. The van der Waals surface area contributed by atoms with Gasteiger partial charge in [-0.25, -0.2) is 4.90 Å². The van der Waals surface area contributed by atoms with Crippen molar-refractivity contribution in [2.24, 2.45) is 0 Å². The Morgan fingerprint density at radius 2 is 1.58 bits per heavy atom. The lowest BCUT2D eigenvalue weighted by Crippen LogP contribution is -2.35. The zero-order chi connectivity index (χ0) is 22.0. The number of nitrogens with one attached hydrogen (secondary N) is 1. The highest BCUT2D eigenvalue weighted by molar-refractivity contribution is 6.53. The average molecular weight is 438 g/mol. The lowest BCUT2D eigenvalue weighted by Gasteiger charge is -2.26. The molecule has 3 amide bonds. The molecule has 2 aromatic carbocycles. The fraction of sp³-hybridized carbons (Fsp3) is 0.292. The second kappa shape index (κ2) is 8.94. The number of carbonyl (C=O) groups excluding carboxylic acids is 3. The summed E-state index contributed by atoms with van der Waals surface area (Å²) >= 11 is 6.20. The maximum Gasteiger partial charge on any atom is 0.283 e. The topological polar surface area (TPSA) is 69.7 Å². The van der Waals surface area contributed by atoms with Crippen LogP contribution in [0.1, 0.15) is 42.1 Å². The van der Waals surface area contributed by atoms with Crippen molar-refractivity contribution in [2.75, 3.05) is 23.3 Å². The predicted molar refractivity (Wildman–Crippen MR) is 121 cm³/mol. The fourth-order valence-electron chi connectivity index (χ4n) is 3.85. The van der Waals surface area contributed by atoms with Gasteiger partial charge in [-0.15, -0.1) is 0 Å². The van der Waals surface area contributed by atoms with Gasteiger partial charge in [0.25, 0.3) is 17.7 Å². The van der Waals surface area contributed by atoms with Gasteiger partial charge in [-0.3, -0.25) is 14.4 Å². The van der Waals surface area contributed by atoms with Crippen LogP contribution in [0.15, 0.2) is 59.3 Å². The van der Waals surface area contributed by atoms with E-state index in [4.69, 9.17) is 11.6 Å². The van der Waals surface area contributed by atoms with Crippen LogP contribution in [0.25, 0.3) is 0 Å². The van der Waals surface area contributed by atoms with Gasteiger partial charge in [-0.1, -0.05) is 30.7 Å². The molecular formula is C24H24ClN3O3. The molecule has 1 saturated heterocycles. The predicted octanol–water partition coefficient (Wildman–Crippen LogP) is 4.31. The van der Waals surface area contributed by atoms with Crippen LogP contribution in [0.5, 0.6) is 0 Å². The van der Waals surface area contributed by atoms with Crippen LogP contribution in [0, 0.1) is 0 Å². The first kappa shape index (κ1) is 21.1. The van der Waals surface area contributed by atoms with E-state index < -0.39 is 11.8 Å². The van der Waals surface area contributed by atoms with Crippen molar-refractivity contribution in [3.8, 4) is 0 Å². The molecule has 160 valence electrons. The number of amides is 3. The zero-order valence-electron chi connectivity index (χ0n) is 17.4. The van der Waals surface area contributed by atoms with Crippen LogP contribution < -0.4 is 10.2 Å². The first-order valence-corrected chi connectivity index (χ1v) is 10.9. The van der Waals surface area contributed by atoms with Crippen molar-refractivity contribution >= 4 is 40.7 Å². The van der Waals surface area contributed by atoms with Gasteiger partial charge in [0.15, 0.2) is 0 Å². The third-order valence-corrected chi connectivity index (χ3v) is 6.03. The van der Waals surface area contributed by atoms with Crippen molar-refractivity contribution in [2.45, 2.75) is 32.6 Å². The highest BCUT2D eigenvalue weighted by Gasteiger charge is 2.38. The minimum absolute atomic E-state index is 0.0114. The van der Waals surface area contributed by atoms with E-state index in [-0.39, 0.29) is 16.6 Å². The third kappa shape index (κ3) is 4.21. The number of halogens is 1. The Hall–Kier alpha value is -3.12. The molecule has 31 heavy (non-hydrogen) atoms. The molecule has 2 aliphatic rings. The number of imide groups is 1. The summed E-state index contributed by atoms with van der Waals surface area (Å²) in [5.41, 5.74) is 2.79. The maximum atomic E-state index is 12.9. The molecule has 0 atom stereocenters. The van der Waals surface area contributed by atoms with Gasteiger partial charge in [0.05, 0.1) is 5.69 Å². The van der Waals surface area contributed by atoms with Crippen molar-refractivity contribution in [1.82, 2.24) is 4.90 Å². The number of piperidine rings is 1. The third-order valence-electron chi connectivity index (χ3n) is 5.67. The second-order valence-electron chi connectivity index (χ2n) is 7.71. The summed E-state index contributed by atoms with van der Waals surface area (Å²) in [4.78, 5) is 41.1. The second-order valence-corrected chi connectivity index (χ2v) is 8.09. The van der Waals surface area contributed by atoms with E-state index in [1.807, 2.05) is 24.0 Å². The molecule has 1 N–H and O–H groups in total. The molecule has 2 aromatic rings. The summed E-state index contributed by atoms with van der Waals surface area (Å²) in [5.74, 6) is -1.06. The summed E-state index contributed by atoms with van der Waals surface area (Å²) in [7, 11) is 0. The molecule has 0 aliphatic carbocycles. The van der Waals surface area contributed by atoms with Gasteiger partial charge in [-0.05, 0) is 67.6 Å². The van der Waals surface area contributed by atoms with Gasteiger partial charge in [0.2, 0.25) is 0 Å². The van der Waals surface area contributed by atoms with Gasteiger partial charge in [0.1, 0.15) is 10.7 Å². The molecule has 1 fully saturated rings. The number of anilines is 2. The van der Waals surface area contributed by atoms with Crippen molar-refractivity contribution in [3.63, 3.8) is 0 Å². The van der Waals surface area contributed by atoms with Crippen LogP contribution in [0.4, 0.5) is 11.4 Å². The largest absolute Gasteiger partial charge is 0.350 e.